The Hall–Kier alpha value is 0.270. The van der Waals surface area contributed by atoms with Crippen molar-refractivity contribution in [2.45, 2.75) is 45.6 Å². The van der Waals surface area contributed by atoms with E-state index in [1.807, 2.05) is 0 Å². The lowest BCUT2D eigenvalue weighted by molar-refractivity contribution is 0.163. The van der Waals surface area contributed by atoms with Gasteiger partial charge in [-0.1, -0.05) is 13.8 Å². The smallest absolute Gasteiger partial charge is 0.0119 e. The van der Waals surface area contributed by atoms with Crippen molar-refractivity contribution < 1.29 is 0 Å². The predicted octanol–water partition coefficient (Wildman–Crippen LogP) is 2.59. The number of thioether (sulfide) groups is 1. The van der Waals surface area contributed by atoms with Gasteiger partial charge in [0.15, 0.2) is 0 Å². The van der Waals surface area contributed by atoms with Crippen molar-refractivity contribution >= 4 is 11.8 Å². The molecular weight excluding hydrogens is 216 g/mol. The molecule has 2 nitrogen and oxygen atoms in total. The molecule has 1 heterocycles. The van der Waals surface area contributed by atoms with Gasteiger partial charge in [0.1, 0.15) is 0 Å². The Kier molecular flexibility index (Phi) is 8.34. The highest BCUT2D eigenvalue weighted by molar-refractivity contribution is 7.99. The average molecular weight is 244 g/mol. The maximum atomic E-state index is 3.46. The number of nitrogens with one attached hydrogen (secondary N) is 1. The van der Waals surface area contributed by atoms with Crippen LogP contribution >= 0.6 is 11.8 Å². The van der Waals surface area contributed by atoms with E-state index in [-0.39, 0.29) is 0 Å². The zero-order valence-electron chi connectivity index (χ0n) is 11.0. The first kappa shape index (κ1) is 14.3. The van der Waals surface area contributed by atoms with E-state index in [1.54, 1.807) is 0 Å². The molecule has 1 saturated heterocycles. The minimum Gasteiger partial charge on any atom is -0.317 e. The van der Waals surface area contributed by atoms with Gasteiger partial charge in [-0.05, 0) is 63.4 Å². The third kappa shape index (κ3) is 5.55. The third-order valence-corrected chi connectivity index (χ3v) is 4.26. The molecule has 0 radical (unpaired) electrons. The van der Waals surface area contributed by atoms with Gasteiger partial charge in [-0.3, -0.25) is 0 Å². The molecule has 96 valence electrons. The summed E-state index contributed by atoms with van der Waals surface area (Å²) in [6.07, 6.45) is 5.36. The van der Waals surface area contributed by atoms with Crippen LogP contribution in [0.4, 0.5) is 0 Å². The number of hydrogen-bond donors (Lipinski definition) is 1. The van der Waals surface area contributed by atoms with E-state index in [0.717, 1.165) is 6.04 Å². The highest BCUT2D eigenvalue weighted by Gasteiger charge is 2.19. The van der Waals surface area contributed by atoms with E-state index in [9.17, 15) is 0 Å². The van der Waals surface area contributed by atoms with Crippen molar-refractivity contribution in [3.05, 3.63) is 0 Å². The van der Waals surface area contributed by atoms with Gasteiger partial charge in [-0.15, -0.1) is 0 Å². The molecule has 1 aliphatic heterocycles. The first-order chi connectivity index (χ1) is 7.88. The van der Waals surface area contributed by atoms with Gasteiger partial charge < -0.3 is 10.2 Å². The number of nitrogens with zero attached hydrogens (tertiary/aromatic N) is 1. The molecule has 1 aliphatic rings. The van der Waals surface area contributed by atoms with Crippen molar-refractivity contribution in [2.75, 3.05) is 37.7 Å². The van der Waals surface area contributed by atoms with E-state index in [2.05, 4.69) is 35.8 Å². The average Bonchev–Trinajstić information content (AvgIpc) is 2.34. The summed E-state index contributed by atoms with van der Waals surface area (Å²) in [7, 11) is 0. The summed E-state index contributed by atoms with van der Waals surface area (Å²) in [5.41, 5.74) is 0. The zero-order chi connectivity index (χ0) is 11.6. The summed E-state index contributed by atoms with van der Waals surface area (Å²) in [5, 5.41) is 3.46. The van der Waals surface area contributed by atoms with E-state index >= 15 is 0 Å². The maximum absolute atomic E-state index is 3.46. The van der Waals surface area contributed by atoms with Crippen molar-refractivity contribution in [3.63, 3.8) is 0 Å². The molecule has 0 bridgehead atoms. The monoisotopic (exact) mass is 244 g/mol. The Bertz CT molecular complexity index is 158. The first-order valence-corrected chi connectivity index (χ1v) is 8.06. The van der Waals surface area contributed by atoms with Gasteiger partial charge in [0.2, 0.25) is 0 Å². The van der Waals surface area contributed by atoms with E-state index in [1.165, 1.54) is 63.4 Å². The highest BCUT2D eigenvalue weighted by Crippen LogP contribution is 2.13. The predicted molar refractivity (Wildman–Crippen MR) is 75.4 cm³/mol. The van der Waals surface area contributed by atoms with Crippen molar-refractivity contribution in [2.24, 2.45) is 0 Å². The SMILES string of the molecule is CCCN(CCCSCC)C1CCNCC1. The summed E-state index contributed by atoms with van der Waals surface area (Å²) in [5.74, 6) is 2.60. The molecule has 16 heavy (non-hydrogen) atoms. The van der Waals surface area contributed by atoms with Gasteiger partial charge in [-0.2, -0.15) is 11.8 Å². The van der Waals surface area contributed by atoms with Crippen LogP contribution in [0.5, 0.6) is 0 Å². The van der Waals surface area contributed by atoms with Crippen LogP contribution in [0, 0.1) is 0 Å². The second-order valence-corrected chi connectivity index (χ2v) is 5.96. The molecule has 1 rings (SSSR count). The minimum absolute atomic E-state index is 0.854. The minimum atomic E-state index is 0.854. The molecule has 0 aromatic carbocycles. The summed E-state index contributed by atoms with van der Waals surface area (Å²) < 4.78 is 0. The molecule has 0 saturated carbocycles. The van der Waals surface area contributed by atoms with Gasteiger partial charge >= 0.3 is 0 Å². The fraction of sp³-hybridized carbons (Fsp3) is 1.00. The number of hydrogen-bond acceptors (Lipinski definition) is 3. The second kappa shape index (κ2) is 9.32. The number of piperidine rings is 1. The standard InChI is InChI=1S/C13H28N2S/c1-3-10-15(11-5-12-16-4-2)13-6-8-14-9-7-13/h13-14H,3-12H2,1-2H3. The summed E-state index contributed by atoms with van der Waals surface area (Å²) in [4.78, 5) is 2.73. The topological polar surface area (TPSA) is 15.3 Å². The first-order valence-electron chi connectivity index (χ1n) is 6.91. The van der Waals surface area contributed by atoms with Crippen LogP contribution in [-0.2, 0) is 0 Å². The molecule has 0 unspecified atom stereocenters. The Labute approximate surface area is 106 Å². The molecule has 1 fully saturated rings. The quantitative estimate of drug-likeness (QED) is 0.661. The molecule has 0 aromatic heterocycles. The molecule has 0 aromatic rings. The van der Waals surface area contributed by atoms with Crippen molar-refractivity contribution in [1.29, 1.82) is 0 Å². The van der Waals surface area contributed by atoms with Crippen LogP contribution in [0.2, 0.25) is 0 Å². The molecule has 3 heteroatoms. The summed E-state index contributed by atoms with van der Waals surface area (Å²) in [6.45, 7) is 9.59. The fourth-order valence-corrected chi connectivity index (χ4v) is 3.07. The van der Waals surface area contributed by atoms with Crippen molar-refractivity contribution in [1.82, 2.24) is 10.2 Å². The fourth-order valence-electron chi connectivity index (χ4n) is 2.45. The Morgan fingerprint density at radius 2 is 1.94 bits per heavy atom. The lowest BCUT2D eigenvalue weighted by Crippen LogP contribution is -2.44. The van der Waals surface area contributed by atoms with Crippen molar-refractivity contribution in [3.8, 4) is 0 Å². The zero-order valence-corrected chi connectivity index (χ0v) is 11.8. The normalized spacial score (nSPS) is 18.2. The van der Waals surface area contributed by atoms with Crippen LogP contribution in [0.25, 0.3) is 0 Å². The molecule has 0 amide bonds. The van der Waals surface area contributed by atoms with Gasteiger partial charge in [0.25, 0.3) is 0 Å². The van der Waals surface area contributed by atoms with Crippen LogP contribution in [0.3, 0.4) is 0 Å². The van der Waals surface area contributed by atoms with Crippen LogP contribution in [-0.4, -0.2) is 48.6 Å². The molecule has 0 aliphatic carbocycles. The Morgan fingerprint density at radius 3 is 2.56 bits per heavy atom. The largest absolute Gasteiger partial charge is 0.317 e. The van der Waals surface area contributed by atoms with Gasteiger partial charge in [0.05, 0.1) is 0 Å². The summed E-state index contributed by atoms with van der Waals surface area (Å²) in [6, 6.07) is 0.854. The maximum Gasteiger partial charge on any atom is 0.0119 e. The summed E-state index contributed by atoms with van der Waals surface area (Å²) >= 11 is 2.08. The van der Waals surface area contributed by atoms with Gasteiger partial charge in [-0.25, -0.2) is 0 Å². The van der Waals surface area contributed by atoms with Crippen LogP contribution in [0.1, 0.15) is 39.5 Å². The molecule has 1 N–H and O–H groups in total. The van der Waals surface area contributed by atoms with Crippen LogP contribution < -0.4 is 5.32 Å². The van der Waals surface area contributed by atoms with Crippen LogP contribution in [0.15, 0.2) is 0 Å². The van der Waals surface area contributed by atoms with E-state index in [4.69, 9.17) is 0 Å². The molecular formula is C13H28N2S. The lowest BCUT2D eigenvalue weighted by Gasteiger charge is -2.34. The molecule has 0 atom stereocenters. The highest BCUT2D eigenvalue weighted by atomic mass is 32.2. The Balaban J connectivity index is 2.22. The molecule has 0 spiro atoms. The Morgan fingerprint density at radius 1 is 1.19 bits per heavy atom. The number of rotatable bonds is 8. The lowest BCUT2D eigenvalue weighted by atomic mass is 10.0. The second-order valence-electron chi connectivity index (χ2n) is 4.57. The van der Waals surface area contributed by atoms with Gasteiger partial charge in [0, 0.05) is 6.04 Å². The third-order valence-electron chi connectivity index (χ3n) is 3.27. The van der Waals surface area contributed by atoms with E-state index in [0.29, 0.717) is 0 Å². The van der Waals surface area contributed by atoms with E-state index < -0.39 is 0 Å².